The average molecular weight is 234 g/mol. The maximum Gasteiger partial charge on any atom is 0.371 e. The summed E-state index contributed by atoms with van der Waals surface area (Å²) in [6.07, 6.45) is 4.04. The molecule has 1 atom stereocenters. The highest BCUT2D eigenvalue weighted by Crippen LogP contribution is 2.20. The van der Waals surface area contributed by atoms with Crippen molar-refractivity contribution in [3.05, 3.63) is 54.4 Å². The predicted molar refractivity (Wildman–Crippen MR) is 65.6 cm³/mol. The first kappa shape index (κ1) is 13.2. The minimum atomic E-state index is -1.10. The quantitative estimate of drug-likeness (QED) is 0.343. The van der Waals surface area contributed by atoms with Crippen LogP contribution in [0.1, 0.15) is 25.3 Å². The van der Waals surface area contributed by atoms with E-state index >= 15 is 0 Å². The van der Waals surface area contributed by atoms with Crippen LogP contribution in [0.25, 0.3) is 0 Å². The molecular formula is C14H15FO2. The molecular weight excluding hydrogens is 219 g/mol. The highest BCUT2D eigenvalue weighted by Gasteiger charge is 2.09. The summed E-state index contributed by atoms with van der Waals surface area (Å²) >= 11 is 0. The van der Waals surface area contributed by atoms with E-state index < -0.39 is 11.8 Å². The molecule has 17 heavy (non-hydrogen) atoms. The second kappa shape index (κ2) is 5.99. The fourth-order valence-corrected chi connectivity index (χ4v) is 1.40. The molecule has 3 heteroatoms. The van der Waals surface area contributed by atoms with E-state index in [1.165, 1.54) is 0 Å². The van der Waals surface area contributed by atoms with Crippen LogP contribution in [0.4, 0.5) is 4.39 Å². The summed E-state index contributed by atoms with van der Waals surface area (Å²) in [5, 5.41) is 0. The lowest BCUT2D eigenvalue weighted by Gasteiger charge is -2.08. The first-order valence-corrected chi connectivity index (χ1v) is 5.34. The largest absolute Gasteiger partial charge is 0.421 e. The summed E-state index contributed by atoms with van der Waals surface area (Å²) in [6.45, 7) is 6.89. The van der Waals surface area contributed by atoms with Gasteiger partial charge < -0.3 is 4.74 Å². The summed E-state index contributed by atoms with van der Waals surface area (Å²) in [5.74, 6) is -1.55. The Morgan fingerprint density at radius 3 is 2.47 bits per heavy atom. The van der Waals surface area contributed by atoms with Gasteiger partial charge >= 0.3 is 5.97 Å². The zero-order valence-corrected chi connectivity index (χ0v) is 9.94. The number of hydrogen-bond donors (Lipinski definition) is 0. The lowest BCUT2D eigenvalue weighted by Crippen LogP contribution is -2.07. The van der Waals surface area contributed by atoms with Gasteiger partial charge in [-0.05, 0) is 30.5 Å². The van der Waals surface area contributed by atoms with Crippen LogP contribution in [0.3, 0.4) is 0 Å². The van der Waals surface area contributed by atoms with Gasteiger partial charge in [0.2, 0.25) is 5.83 Å². The molecule has 1 unspecified atom stereocenters. The van der Waals surface area contributed by atoms with E-state index in [-0.39, 0.29) is 0 Å². The molecule has 0 bridgehead atoms. The maximum absolute atomic E-state index is 12.4. The van der Waals surface area contributed by atoms with Crippen LogP contribution in [0.5, 0.6) is 5.75 Å². The normalized spacial score (nSPS) is 12.4. The molecule has 0 aromatic heterocycles. The van der Waals surface area contributed by atoms with E-state index in [0.29, 0.717) is 11.7 Å². The Bertz CT molecular complexity index is 432. The van der Waals surface area contributed by atoms with E-state index in [2.05, 4.69) is 19.6 Å². The van der Waals surface area contributed by atoms with Gasteiger partial charge in [0.15, 0.2) is 0 Å². The number of halogens is 1. The molecule has 2 nitrogen and oxygen atoms in total. The van der Waals surface area contributed by atoms with Gasteiger partial charge in [-0.2, -0.15) is 4.39 Å². The van der Waals surface area contributed by atoms with Crippen LogP contribution in [-0.2, 0) is 4.79 Å². The van der Waals surface area contributed by atoms with Gasteiger partial charge in [-0.15, -0.1) is 0 Å². The monoisotopic (exact) mass is 234 g/mol. The molecule has 1 aromatic carbocycles. The molecule has 0 radical (unpaired) electrons. The Kier molecular flexibility index (Phi) is 4.64. The van der Waals surface area contributed by atoms with Gasteiger partial charge in [-0.25, -0.2) is 4.79 Å². The summed E-state index contributed by atoms with van der Waals surface area (Å²) < 4.78 is 17.1. The molecule has 1 rings (SSSR count). The van der Waals surface area contributed by atoms with Crippen LogP contribution < -0.4 is 4.74 Å². The molecule has 0 saturated heterocycles. The van der Waals surface area contributed by atoms with Gasteiger partial charge in [-0.1, -0.05) is 37.8 Å². The topological polar surface area (TPSA) is 26.3 Å². The molecule has 0 heterocycles. The number of rotatable bonds is 4. The van der Waals surface area contributed by atoms with Crippen molar-refractivity contribution >= 4 is 5.97 Å². The van der Waals surface area contributed by atoms with E-state index in [0.717, 1.165) is 5.56 Å². The number of benzene rings is 1. The summed E-state index contributed by atoms with van der Waals surface area (Å²) in [6, 6.07) is 6.95. The Morgan fingerprint density at radius 2 is 2.00 bits per heavy atom. The highest BCUT2D eigenvalue weighted by atomic mass is 19.1. The van der Waals surface area contributed by atoms with Crippen molar-refractivity contribution in [2.75, 3.05) is 0 Å². The molecule has 0 spiro atoms. The first-order valence-electron chi connectivity index (χ1n) is 5.34. The number of ether oxygens (including phenoxy) is 1. The van der Waals surface area contributed by atoms with Crippen molar-refractivity contribution in [1.29, 1.82) is 0 Å². The third-order valence-electron chi connectivity index (χ3n) is 2.32. The first-order chi connectivity index (χ1) is 8.04. The van der Waals surface area contributed by atoms with Gasteiger partial charge in [0.05, 0.1) is 0 Å². The van der Waals surface area contributed by atoms with Gasteiger partial charge in [0.25, 0.3) is 0 Å². The standard InChI is InChI=1S/C14H15FO2/c1-4-5-10(2)12-6-8-13(9-7-12)17-14(16)11(3)15/h4-10H,3H2,1-2H3. The maximum atomic E-state index is 12.4. The van der Waals surface area contributed by atoms with E-state index in [4.69, 9.17) is 4.74 Å². The fraction of sp³-hybridized carbons (Fsp3) is 0.214. The van der Waals surface area contributed by atoms with Crippen molar-refractivity contribution < 1.29 is 13.9 Å². The van der Waals surface area contributed by atoms with Crippen molar-refractivity contribution in [1.82, 2.24) is 0 Å². The molecule has 0 aliphatic rings. The summed E-state index contributed by atoms with van der Waals surface area (Å²) in [5.41, 5.74) is 1.10. The Morgan fingerprint density at radius 1 is 1.41 bits per heavy atom. The summed E-state index contributed by atoms with van der Waals surface area (Å²) in [7, 11) is 0. The molecule has 90 valence electrons. The highest BCUT2D eigenvalue weighted by molar-refractivity contribution is 5.87. The van der Waals surface area contributed by atoms with Gasteiger partial charge in [0.1, 0.15) is 5.75 Å². The second-order valence-electron chi connectivity index (χ2n) is 3.68. The number of esters is 1. The van der Waals surface area contributed by atoms with Crippen molar-refractivity contribution in [3.63, 3.8) is 0 Å². The van der Waals surface area contributed by atoms with Crippen LogP contribution in [0.2, 0.25) is 0 Å². The van der Waals surface area contributed by atoms with E-state index in [9.17, 15) is 9.18 Å². The SMILES string of the molecule is C=C(F)C(=O)Oc1ccc(C(C)C=CC)cc1. The van der Waals surface area contributed by atoms with E-state index in [1.807, 2.05) is 25.1 Å². The van der Waals surface area contributed by atoms with Crippen LogP contribution in [-0.4, -0.2) is 5.97 Å². The van der Waals surface area contributed by atoms with E-state index in [1.54, 1.807) is 12.1 Å². The molecule has 0 saturated carbocycles. The van der Waals surface area contributed by atoms with Crippen molar-refractivity contribution in [2.24, 2.45) is 0 Å². The van der Waals surface area contributed by atoms with Crippen LogP contribution >= 0.6 is 0 Å². The lowest BCUT2D eigenvalue weighted by molar-refractivity contribution is -0.131. The smallest absolute Gasteiger partial charge is 0.371 e. The number of allylic oxidation sites excluding steroid dienone is 2. The van der Waals surface area contributed by atoms with Gasteiger partial charge in [0, 0.05) is 0 Å². The van der Waals surface area contributed by atoms with Gasteiger partial charge in [-0.3, -0.25) is 0 Å². The molecule has 0 fully saturated rings. The Balaban J connectivity index is 2.74. The fourth-order valence-electron chi connectivity index (χ4n) is 1.40. The van der Waals surface area contributed by atoms with Crippen molar-refractivity contribution in [2.45, 2.75) is 19.8 Å². The Labute approximate surface area is 100 Å². The predicted octanol–water partition coefficient (Wildman–Crippen LogP) is 3.75. The molecule has 0 aliphatic heterocycles. The zero-order valence-electron chi connectivity index (χ0n) is 9.94. The van der Waals surface area contributed by atoms with Crippen LogP contribution in [0, 0.1) is 0 Å². The Hall–Kier alpha value is -1.90. The third-order valence-corrected chi connectivity index (χ3v) is 2.32. The van der Waals surface area contributed by atoms with Crippen LogP contribution in [0.15, 0.2) is 48.8 Å². The lowest BCUT2D eigenvalue weighted by atomic mass is 10.0. The zero-order chi connectivity index (χ0) is 12.8. The number of hydrogen-bond acceptors (Lipinski definition) is 2. The number of carbonyl (C=O) groups excluding carboxylic acids is 1. The third kappa shape index (κ3) is 3.87. The van der Waals surface area contributed by atoms with Crippen molar-refractivity contribution in [3.8, 4) is 5.75 Å². The second-order valence-corrected chi connectivity index (χ2v) is 3.68. The molecule has 0 aliphatic carbocycles. The average Bonchev–Trinajstić information content (AvgIpc) is 2.30. The minimum absolute atomic E-state index is 0.292. The molecule has 0 N–H and O–H groups in total. The molecule has 1 aromatic rings. The summed E-state index contributed by atoms with van der Waals surface area (Å²) in [4.78, 5) is 10.9. The minimum Gasteiger partial charge on any atom is -0.421 e. The number of carbonyl (C=O) groups is 1. The molecule has 0 amide bonds.